The summed E-state index contributed by atoms with van der Waals surface area (Å²) in [6.07, 6.45) is 66.8. The van der Waals surface area contributed by atoms with E-state index in [1.54, 1.807) is 0 Å². The smallest absolute Gasteiger partial charge is 0.220 e. The van der Waals surface area contributed by atoms with Gasteiger partial charge < -0.3 is 65.1 Å². The van der Waals surface area contributed by atoms with Gasteiger partial charge in [-0.1, -0.05) is 331 Å². The number of ether oxygens (including phenoxy) is 4. The molecule has 2 aliphatic rings. The van der Waals surface area contributed by atoms with Crippen LogP contribution in [0.15, 0.2) is 60.8 Å². The number of amides is 1. The van der Waals surface area contributed by atoms with Crippen molar-refractivity contribution in [2.75, 3.05) is 19.8 Å². The minimum absolute atomic E-state index is 0.201. The molecule has 0 aromatic rings. The van der Waals surface area contributed by atoms with Crippen molar-refractivity contribution < 1.29 is 64.6 Å². The fourth-order valence-corrected chi connectivity index (χ4v) is 12.7. The molecule has 12 unspecified atom stereocenters. The van der Waals surface area contributed by atoms with Gasteiger partial charge in [-0.2, -0.15) is 0 Å². The number of aliphatic hydroxyl groups is 8. The van der Waals surface area contributed by atoms with Gasteiger partial charge in [0.1, 0.15) is 48.8 Å². The van der Waals surface area contributed by atoms with Gasteiger partial charge in [0, 0.05) is 6.42 Å². The molecule has 2 fully saturated rings. The van der Waals surface area contributed by atoms with Crippen LogP contribution >= 0.6 is 0 Å². The van der Waals surface area contributed by atoms with Gasteiger partial charge in [-0.05, 0) is 57.8 Å². The first-order chi connectivity index (χ1) is 45.1. The second-order valence-electron chi connectivity index (χ2n) is 27.1. The molecule has 2 aliphatic heterocycles. The number of carbonyl (C=O) groups excluding carboxylic acids is 1. The number of nitrogens with one attached hydrogen (secondary N) is 1. The highest BCUT2D eigenvalue weighted by molar-refractivity contribution is 5.76. The minimum atomic E-state index is -1.78. The Labute approximate surface area is 562 Å². The largest absolute Gasteiger partial charge is 0.394 e. The molecule has 0 aromatic heterocycles. The molecule has 0 spiro atoms. The second-order valence-corrected chi connectivity index (χ2v) is 27.1. The highest BCUT2D eigenvalue weighted by Crippen LogP contribution is 2.30. The average Bonchev–Trinajstić information content (AvgIpc) is 0.915. The third-order valence-electron chi connectivity index (χ3n) is 18.7. The number of hydrogen-bond acceptors (Lipinski definition) is 13. The van der Waals surface area contributed by atoms with Crippen LogP contribution < -0.4 is 5.32 Å². The van der Waals surface area contributed by atoms with Crippen molar-refractivity contribution in [3.63, 3.8) is 0 Å². The van der Waals surface area contributed by atoms with E-state index in [4.69, 9.17) is 18.9 Å². The summed E-state index contributed by atoms with van der Waals surface area (Å²) in [5, 5.41) is 87.8. The summed E-state index contributed by atoms with van der Waals surface area (Å²) in [6.45, 7) is 2.80. The van der Waals surface area contributed by atoms with E-state index >= 15 is 0 Å². The van der Waals surface area contributed by atoms with Crippen molar-refractivity contribution in [1.29, 1.82) is 0 Å². The molecule has 1 amide bonds. The van der Waals surface area contributed by atoms with Gasteiger partial charge in [0.2, 0.25) is 5.91 Å². The summed E-state index contributed by atoms with van der Waals surface area (Å²) in [4.78, 5) is 13.4. The lowest BCUT2D eigenvalue weighted by molar-refractivity contribution is -0.359. The lowest BCUT2D eigenvalue weighted by Gasteiger charge is -2.46. The maximum absolute atomic E-state index is 13.4. The monoisotopic (exact) mass is 1300 g/mol. The van der Waals surface area contributed by atoms with E-state index in [1.165, 1.54) is 225 Å². The molecule has 0 radical (unpaired) electrons. The standard InChI is InChI=1S/C78H143NO13/c1-3-5-7-9-11-13-15-17-19-21-23-25-26-27-28-29-30-31-32-33-34-35-36-37-38-39-40-42-44-46-48-50-52-54-56-58-60-62-70(83)79-66(67(82)61-59-57-55-53-51-49-47-45-43-41-24-22-20-18-16-14-12-10-8-6-4-2)65-89-77-75(88)73(86)76(69(64-81)91-77)92-78-74(87)72(85)71(84)68(63-80)90-78/h5,7,11,13,17,19,23,25,27-28,66-69,71-78,80-82,84-88H,3-4,6,8-10,12,14-16,18,20-22,24,26,29-65H2,1-2H3,(H,79,83)/b7-5-,13-11-,19-17-,25-23-,28-27-. The first-order valence-corrected chi connectivity index (χ1v) is 38.5. The van der Waals surface area contributed by atoms with Crippen LogP contribution in [0.5, 0.6) is 0 Å². The van der Waals surface area contributed by atoms with Crippen LogP contribution in [0, 0.1) is 0 Å². The predicted molar refractivity (Wildman–Crippen MR) is 378 cm³/mol. The highest BCUT2D eigenvalue weighted by Gasteiger charge is 2.51. The van der Waals surface area contributed by atoms with E-state index in [-0.39, 0.29) is 12.5 Å². The number of hydrogen-bond donors (Lipinski definition) is 9. The Kier molecular flexibility index (Phi) is 58.0. The maximum atomic E-state index is 13.4. The zero-order valence-corrected chi connectivity index (χ0v) is 58.8. The lowest BCUT2D eigenvalue weighted by atomic mass is 9.97. The Balaban J connectivity index is 1.59. The zero-order valence-electron chi connectivity index (χ0n) is 58.8. The molecule has 14 heteroatoms. The van der Waals surface area contributed by atoms with E-state index in [9.17, 15) is 45.6 Å². The first-order valence-electron chi connectivity index (χ1n) is 38.5. The van der Waals surface area contributed by atoms with E-state index < -0.39 is 86.8 Å². The third kappa shape index (κ3) is 45.2. The molecule has 0 aromatic carbocycles. The molecule has 0 aliphatic carbocycles. The van der Waals surface area contributed by atoms with Crippen LogP contribution in [-0.4, -0.2) is 140 Å². The number of aliphatic hydroxyl groups excluding tert-OH is 8. The second kappa shape index (κ2) is 62.2. The Hall–Kier alpha value is -2.31. The lowest BCUT2D eigenvalue weighted by Crippen LogP contribution is -2.65. The summed E-state index contributed by atoms with van der Waals surface area (Å²) in [6, 6.07) is -0.830. The number of rotatable bonds is 64. The fraction of sp³-hybridized carbons (Fsp3) is 0.859. The summed E-state index contributed by atoms with van der Waals surface area (Å²) in [5.74, 6) is -0.201. The summed E-state index contributed by atoms with van der Waals surface area (Å²) >= 11 is 0. The van der Waals surface area contributed by atoms with Gasteiger partial charge in [-0.25, -0.2) is 0 Å². The number of allylic oxidation sites excluding steroid dienone is 10. The maximum Gasteiger partial charge on any atom is 0.220 e. The van der Waals surface area contributed by atoms with Crippen molar-refractivity contribution in [1.82, 2.24) is 5.32 Å². The molecular formula is C78H143NO13. The summed E-state index contributed by atoms with van der Waals surface area (Å²) in [7, 11) is 0. The normalized spacial score (nSPS) is 23.0. The Morgan fingerprint density at radius 1 is 0.402 bits per heavy atom. The van der Waals surface area contributed by atoms with Gasteiger partial charge in [-0.3, -0.25) is 4.79 Å². The molecule has 14 nitrogen and oxygen atoms in total. The van der Waals surface area contributed by atoms with Gasteiger partial charge in [0.15, 0.2) is 12.6 Å². The molecule has 12 atom stereocenters. The van der Waals surface area contributed by atoms with Crippen LogP contribution in [-0.2, 0) is 23.7 Å². The topological polar surface area (TPSA) is 228 Å². The van der Waals surface area contributed by atoms with Gasteiger partial charge in [0.05, 0.1) is 32.0 Å². The Bertz CT molecular complexity index is 1780. The molecule has 0 bridgehead atoms. The zero-order chi connectivity index (χ0) is 66.6. The van der Waals surface area contributed by atoms with Crippen LogP contribution in [0.2, 0.25) is 0 Å². The molecule has 2 saturated heterocycles. The van der Waals surface area contributed by atoms with E-state index in [0.717, 1.165) is 83.5 Å². The van der Waals surface area contributed by atoms with Crippen LogP contribution in [0.4, 0.5) is 0 Å². The molecule has 2 heterocycles. The summed E-state index contributed by atoms with van der Waals surface area (Å²) in [5.41, 5.74) is 0. The molecule has 92 heavy (non-hydrogen) atoms. The fourth-order valence-electron chi connectivity index (χ4n) is 12.7. The average molecular weight is 1300 g/mol. The van der Waals surface area contributed by atoms with Crippen molar-refractivity contribution in [3.05, 3.63) is 60.8 Å². The van der Waals surface area contributed by atoms with Crippen LogP contribution in [0.25, 0.3) is 0 Å². The van der Waals surface area contributed by atoms with Crippen molar-refractivity contribution in [3.8, 4) is 0 Å². The number of carbonyl (C=O) groups is 1. The number of unbranched alkanes of at least 4 members (excludes halogenated alkanes) is 41. The van der Waals surface area contributed by atoms with Crippen molar-refractivity contribution in [2.45, 2.75) is 408 Å². The van der Waals surface area contributed by atoms with E-state index in [1.807, 2.05) is 0 Å². The van der Waals surface area contributed by atoms with Crippen LogP contribution in [0.3, 0.4) is 0 Å². The molecular weight excluding hydrogens is 1160 g/mol. The summed E-state index contributed by atoms with van der Waals surface area (Å²) < 4.78 is 23.0. The van der Waals surface area contributed by atoms with E-state index in [0.29, 0.717) is 12.8 Å². The van der Waals surface area contributed by atoms with Crippen LogP contribution in [0.1, 0.15) is 335 Å². The van der Waals surface area contributed by atoms with Gasteiger partial charge in [-0.15, -0.1) is 0 Å². The van der Waals surface area contributed by atoms with Crippen molar-refractivity contribution in [2.24, 2.45) is 0 Å². The SMILES string of the molecule is CC/C=C\C/C=C\C/C=C\C/C=C\C/C=C\CCCCCCCCCCCCCCCCCCCCCCCC(=O)NC(COC1OC(CO)C(OC2OC(CO)C(O)C(O)C2O)C(O)C1O)C(O)CCCCCCCCCCCCCCCCCCCCCCC. The highest BCUT2D eigenvalue weighted by atomic mass is 16.7. The van der Waals surface area contributed by atoms with Crippen molar-refractivity contribution >= 4 is 5.91 Å². The molecule has 2 rings (SSSR count). The molecule has 0 saturated carbocycles. The quantitative estimate of drug-likeness (QED) is 0.0204. The van der Waals surface area contributed by atoms with Gasteiger partial charge in [0.25, 0.3) is 0 Å². The molecule has 538 valence electrons. The Morgan fingerprint density at radius 2 is 0.750 bits per heavy atom. The van der Waals surface area contributed by atoms with E-state index in [2.05, 4.69) is 79.9 Å². The first kappa shape index (κ1) is 85.8. The molecule has 9 N–H and O–H groups in total. The Morgan fingerprint density at radius 3 is 1.15 bits per heavy atom. The van der Waals surface area contributed by atoms with Gasteiger partial charge >= 0.3 is 0 Å². The third-order valence-corrected chi connectivity index (χ3v) is 18.7. The minimum Gasteiger partial charge on any atom is -0.394 e. The predicted octanol–water partition coefficient (Wildman–Crippen LogP) is 16.8.